The van der Waals surface area contributed by atoms with E-state index in [4.69, 9.17) is 9.26 Å². The Hall–Kier alpha value is -3.93. The number of nitrogens with zero attached hydrogens (tertiary/aromatic N) is 2. The summed E-state index contributed by atoms with van der Waals surface area (Å²) >= 11 is 0. The highest BCUT2D eigenvalue weighted by atomic mass is 16.5. The van der Waals surface area contributed by atoms with Crippen molar-refractivity contribution in [2.45, 2.75) is 6.04 Å². The molecule has 0 aliphatic rings. The van der Waals surface area contributed by atoms with Gasteiger partial charge in [-0.05, 0) is 23.8 Å². The minimum absolute atomic E-state index is 0.266. The number of carbonyl (C=O) groups excluding carboxylic acids is 1. The van der Waals surface area contributed by atoms with E-state index in [1.165, 1.54) is 0 Å². The number of methoxy groups -OCH3 is 1. The number of hydrogen-bond acceptors (Lipinski definition) is 5. The SMILES string of the molecule is COc1cccc(C(=O)NC(c2ccccc2)c2nc(-c3ccccc3)no2)c1. The quantitative estimate of drug-likeness (QED) is 0.536. The van der Waals surface area contributed by atoms with Gasteiger partial charge in [0.05, 0.1) is 7.11 Å². The van der Waals surface area contributed by atoms with Crippen molar-refractivity contribution in [1.82, 2.24) is 15.5 Å². The van der Waals surface area contributed by atoms with Crippen LogP contribution in [0.25, 0.3) is 11.4 Å². The predicted molar refractivity (Wildman–Crippen MR) is 108 cm³/mol. The highest BCUT2D eigenvalue weighted by molar-refractivity contribution is 5.95. The van der Waals surface area contributed by atoms with Crippen LogP contribution in [0.2, 0.25) is 0 Å². The summed E-state index contributed by atoms with van der Waals surface area (Å²) in [6, 6.07) is 25.4. The highest BCUT2D eigenvalue weighted by Crippen LogP contribution is 2.24. The van der Waals surface area contributed by atoms with Crippen LogP contribution in [0.3, 0.4) is 0 Å². The minimum Gasteiger partial charge on any atom is -0.497 e. The second kappa shape index (κ2) is 8.39. The third-order valence-electron chi connectivity index (χ3n) is 4.46. The average Bonchev–Trinajstić information content (AvgIpc) is 3.28. The summed E-state index contributed by atoms with van der Waals surface area (Å²) in [5.41, 5.74) is 2.16. The van der Waals surface area contributed by atoms with Crippen LogP contribution in [0.4, 0.5) is 0 Å². The molecule has 4 aromatic rings. The minimum atomic E-state index is -0.583. The normalized spacial score (nSPS) is 11.6. The molecule has 0 radical (unpaired) electrons. The lowest BCUT2D eigenvalue weighted by atomic mass is 10.1. The summed E-state index contributed by atoms with van der Waals surface area (Å²) in [6.07, 6.45) is 0. The van der Waals surface area contributed by atoms with Crippen molar-refractivity contribution in [3.8, 4) is 17.1 Å². The van der Waals surface area contributed by atoms with Crippen molar-refractivity contribution < 1.29 is 14.1 Å². The van der Waals surface area contributed by atoms with Crippen LogP contribution in [-0.4, -0.2) is 23.2 Å². The summed E-state index contributed by atoms with van der Waals surface area (Å²) in [4.78, 5) is 17.4. The Kier molecular flexibility index (Phi) is 5.33. The fourth-order valence-corrected chi connectivity index (χ4v) is 2.97. The lowest BCUT2D eigenvalue weighted by molar-refractivity contribution is 0.0936. The van der Waals surface area contributed by atoms with Gasteiger partial charge in [0, 0.05) is 11.1 Å². The second-order valence-corrected chi connectivity index (χ2v) is 6.37. The number of ether oxygens (including phenoxy) is 1. The Morgan fingerprint density at radius 1 is 0.966 bits per heavy atom. The molecule has 0 fully saturated rings. The summed E-state index contributed by atoms with van der Waals surface area (Å²) in [7, 11) is 1.56. The van der Waals surface area contributed by atoms with Crippen LogP contribution < -0.4 is 10.1 Å². The molecule has 0 spiro atoms. The fourth-order valence-electron chi connectivity index (χ4n) is 2.97. The number of hydrogen-bond donors (Lipinski definition) is 1. The maximum Gasteiger partial charge on any atom is 0.254 e. The van der Waals surface area contributed by atoms with Crippen molar-refractivity contribution in [2.75, 3.05) is 7.11 Å². The molecule has 1 aromatic heterocycles. The van der Waals surface area contributed by atoms with Crippen LogP contribution >= 0.6 is 0 Å². The molecular formula is C23H19N3O3. The maximum atomic E-state index is 12.9. The summed E-state index contributed by atoms with van der Waals surface area (Å²) < 4.78 is 10.7. The summed E-state index contributed by atoms with van der Waals surface area (Å²) in [5, 5.41) is 7.07. The van der Waals surface area contributed by atoms with Crippen LogP contribution in [-0.2, 0) is 0 Å². The van der Waals surface area contributed by atoms with E-state index in [9.17, 15) is 4.79 Å². The number of nitrogens with one attached hydrogen (secondary N) is 1. The average molecular weight is 385 g/mol. The largest absolute Gasteiger partial charge is 0.497 e. The molecule has 1 heterocycles. The van der Waals surface area contributed by atoms with Gasteiger partial charge in [-0.2, -0.15) is 4.98 Å². The van der Waals surface area contributed by atoms with Gasteiger partial charge >= 0.3 is 0 Å². The Bertz CT molecular complexity index is 1090. The van der Waals surface area contributed by atoms with Gasteiger partial charge in [-0.15, -0.1) is 0 Å². The summed E-state index contributed by atoms with van der Waals surface area (Å²) in [6.45, 7) is 0. The van der Waals surface area contributed by atoms with Gasteiger partial charge in [0.25, 0.3) is 11.8 Å². The van der Waals surface area contributed by atoms with E-state index < -0.39 is 6.04 Å². The Labute approximate surface area is 168 Å². The molecule has 4 rings (SSSR count). The number of amides is 1. The van der Waals surface area contributed by atoms with Crippen LogP contribution in [0.15, 0.2) is 89.5 Å². The van der Waals surface area contributed by atoms with E-state index in [0.29, 0.717) is 23.0 Å². The Morgan fingerprint density at radius 3 is 2.41 bits per heavy atom. The lowest BCUT2D eigenvalue weighted by Crippen LogP contribution is -2.29. The molecule has 0 aliphatic heterocycles. The van der Waals surface area contributed by atoms with Crippen LogP contribution in [0, 0.1) is 0 Å². The molecule has 1 N–H and O–H groups in total. The molecule has 29 heavy (non-hydrogen) atoms. The van der Waals surface area contributed by atoms with Crippen LogP contribution in [0.1, 0.15) is 27.9 Å². The molecule has 1 amide bonds. The molecule has 1 unspecified atom stereocenters. The first kappa shape index (κ1) is 18.4. The lowest BCUT2D eigenvalue weighted by Gasteiger charge is -2.15. The third-order valence-corrected chi connectivity index (χ3v) is 4.46. The molecule has 6 heteroatoms. The van der Waals surface area contributed by atoms with Gasteiger partial charge in [0.15, 0.2) is 0 Å². The van der Waals surface area contributed by atoms with Crippen molar-refractivity contribution in [2.24, 2.45) is 0 Å². The zero-order chi connectivity index (χ0) is 20.1. The smallest absolute Gasteiger partial charge is 0.254 e. The Morgan fingerprint density at radius 2 is 1.69 bits per heavy atom. The molecule has 0 bridgehead atoms. The third kappa shape index (κ3) is 4.16. The monoisotopic (exact) mass is 385 g/mol. The van der Waals surface area contributed by atoms with Crippen molar-refractivity contribution in [3.63, 3.8) is 0 Å². The van der Waals surface area contributed by atoms with Gasteiger partial charge in [-0.3, -0.25) is 4.79 Å². The fraction of sp³-hybridized carbons (Fsp3) is 0.0870. The van der Waals surface area contributed by atoms with Gasteiger partial charge in [0.2, 0.25) is 5.82 Å². The van der Waals surface area contributed by atoms with E-state index in [0.717, 1.165) is 11.1 Å². The zero-order valence-electron chi connectivity index (χ0n) is 15.8. The van der Waals surface area contributed by atoms with Gasteiger partial charge in [-0.1, -0.05) is 71.9 Å². The van der Waals surface area contributed by atoms with Gasteiger partial charge < -0.3 is 14.6 Å². The predicted octanol–water partition coefficient (Wildman–Crippen LogP) is 4.26. The molecule has 0 saturated heterocycles. The molecule has 0 saturated carbocycles. The van der Waals surface area contributed by atoms with Crippen molar-refractivity contribution in [1.29, 1.82) is 0 Å². The maximum absolute atomic E-state index is 12.9. The van der Waals surface area contributed by atoms with Gasteiger partial charge in [0.1, 0.15) is 11.8 Å². The number of benzene rings is 3. The van der Waals surface area contributed by atoms with E-state index in [1.807, 2.05) is 60.7 Å². The molecule has 3 aromatic carbocycles. The van der Waals surface area contributed by atoms with E-state index >= 15 is 0 Å². The topological polar surface area (TPSA) is 77.2 Å². The van der Waals surface area contributed by atoms with E-state index in [2.05, 4.69) is 15.5 Å². The second-order valence-electron chi connectivity index (χ2n) is 6.37. The Balaban J connectivity index is 1.66. The molecule has 144 valence electrons. The summed E-state index contributed by atoms with van der Waals surface area (Å²) in [5.74, 6) is 1.12. The van der Waals surface area contributed by atoms with E-state index in [1.54, 1.807) is 31.4 Å². The molecule has 1 atom stereocenters. The van der Waals surface area contributed by atoms with Crippen molar-refractivity contribution >= 4 is 5.91 Å². The number of aromatic nitrogens is 2. The number of rotatable bonds is 6. The first-order valence-electron chi connectivity index (χ1n) is 9.13. The molecule has 6 nitrogen and oxygen atoms in total. The first-order valence-corrected chi connectivity index (χ1v) is 9.13. The standard InChI is InChI=1S/C23H19N3O3/c1-28-19-14-8-13-18(15-19)22(27)24-20(16-9-4-2-5-10-16)23-25-21(26-29-23)17-11-6-3-7-12-17/h2-15,20H,1H3,(H,24,27). The number of carbonyl (C=O) groups is 1. The molecule has 0 aliphatic carbocycles. The van der Waals surface area contributed by atoms with Crippen LogP contribution in [0.5, 0.6) is 5.75 Å². The zero-order valence-corrected chi connectivity index (χ0v) is 15.8. The van der Waals surface area contributed by atoms with E-state index in [-0.39, 0.29) is 5.91 Å². The first-order chi connectivity index (χ1) is 14.2. The highest BCUT2D eigenvalue weighted by Gasteiger charge is 2.24. The van der Waals surface area contributed by atoms with Gasteiger partial charge in [-0.25, -0.2) is 0 Å². The van der Waals surface area contributed by atoms with Crippen molar-refractivity contribution in [3.05, 3.63) is 102 Å². The molecular weight excluding hydrogens is 366 g/mol.